The van der Waals surface area contributed by atoms with Gasteiger partial charge in [-0.05, 0) is 37.8 Å². The summed E-state index contributed by atoms with van der Waals surface area (Å²) >= 11 is 1.73. The number of nitrogens with zero attached hydrogens (tertiary/aromatic N) is 4. The summed E-state index contributed by atoms with van der Waals surface area (Å²) in [5, 5.41) is 1.08. The number of aromatic nitrogens is 2. The minimum absolute atomic E-state index is 0.0786. The van der Waals surface area contributed by atoms with Crippen molar-refractivity contribution in [2.75, 3.05) is 31.1 Å². The van der Waals surface area contributed by atoms with Gasteiger partial charge in [-0.15, -0.1) is 11.3 Å². The molecule has 8 heteroatoms. The third-order valence-corrected chi connectivity index (χ3v) is 6.38. The topological polar surface area (TPSA) is 32.3 Å². The second-order valence-corrected chi connectivity index (χ2v) is 8.52. The second-order valence-electron chi connectivity index (χ2n) is 7.23. The van der Waals surface area contributed by atoms with E-state index in [2.05, 4.69) is 14.9 Å². The Morgan fingerprint density at radius 1 is 1.15 bits per heavy atom. The summed E-state index contributed by atoms with van der Waals surface area (Å²) in [6.45, 7) is 8.07. The number of anilines is 1. The van der Waals surface area contributed by atoms with Crippen LogP contribution in [0, 0.1) is 25.7 Å². The summed E-state index contributed by atoms with van der Waals surface area (Å²) in [5.74, 6) is 0.870. The van der Waals surface area contributed by atoms with Crippen molar-refractivity contribution in [1.29, 1.82) is 0 Å². The number of alkyl halides is 3. The Balaban J connectivity index is 1.44. The van der Waals surface area contributed by atoms with E-state index in [-0.39, 0.29) is 5.82 Å². The standard InChI is InChI=1S/C18H21F3N4S/c1-11-16(26-12(2)23-11)10-24-6-13-8-25(9-14(13)7-24)17-15(18(19,20)21)4-3-5-22-17/h3-5,13-14H,6-10H2,1-2H3. The van der Waals surface area contributed by atoms with Gasteiger partial charge < -0.3 is 4.90 Å². The smallest absolute Gasteiger partial charge is 0.355 e. The SMILES string of the molecule is Cc1nc(C)c(CN2CC3CN(c4ncccc4C(F)(F)F)CC3C2)s1. The van der Waals surface area contributed by atoms with E-state index in [1.54, 1.807) is 11.3 Å². The highest BCUT2D eigenvalue weighted by molar-refractivity contribution is 7.11. The maximum atomic E-state index is 13.3. The first-order valence-corrected chi connectivity index (χ1v) is 9.55. The van der Waals surface area contributed by atoms with Crippen LogP contribution in [0.5, 0.6) is 0 Å². The van der Waals surface area contributed by atoms with E-state index >= 15 is 0 Å². The molecule has 4 rings (SSSR count). The van der Waals surface area contributed by atoms with Crippen LogP contribution in [0.2, 0.25) is 0 Å². The van der Waals surface area contributed by atoms with Crippen LogP contribution in [0.1, 0.15) is 21.1 Å². The quantitative estimate of drug-likeness (QED) is 0.810. The zero-order valence-electron chi connectivity index (χ0n) is 14.8. The van der Waals surface area contributed by atoms with Crippen LogP contribution in [0.4, 0.5) is 19.0 Å². The summed E-state index contributed by atoms with van der Waals surface area (Å²) in [6, 6.07) is 2.47. The van der Waals surface area contributed by atoms with Gasteiger partial charge >= 0.3 is 6.18 Å². The highest BCUT2D eigenvalue weighted by Crippen LogP contribution is 2.40. The maximum Gasteiger partial charge on any atom is 0.419 e. The summed E-state index contributed by atoms with van der Waals surface area (Å²) in [7, 11) is 0. The van der Waals surface area contributed by atoms with Crippen LogP contribution in [-0.4, -0.2) is 41.0 Å². The number of halogens is 3. The molecule has 2 fully saturated rings. The van der Waals surface area contributed by atoms with Gasteiger partial charge in [0.25, 0.3) is 0 Å². The Labute approximate surface area is 154 Å². The Morgan fingerprint density at radius 2 is 1.85 bits per heavy atom. The fourth-order valence-corrected chi connectivity index (χ4v) is 5.17. The first-order chi connectivity index (χ1) is 12.3. The maximum absolute atomic E-state index is 13.3. The van der Waals surface area contributed by atoms with Gasteiger partial charge in [-0.1, -0.05) is 0 Å². The molecule has 2 unspecified atom stereocenters. The Kier molecular flexibility index (Phi) is 4.43. The van der Waals surface area contributed by atoms with Crippen molar-refractivity contribution in [2.24, 2.45) is 11.8 Å². The van der Waals surface area contributed by atoms with Gasteiger partial charge in [0.15, 0.2) is 0 Å². The molecule has 2 aliphatic heterocycles. The largest absolute Gasteiger partial charge is 0.419 e. The molecule has 0 radical (unpaired) electrons. The zero-order chi connectivity index (χ0) is 18.5. The molecular weight excluding hydrogens is 361 g/mol. The molecule has 2 aromatic heterocycles. The van der Waals surface area contributed by atoms with Crippen molar-refractivity contribution in [1.82, 2.24) is 14.9 Å². The molecule has 2 saturated heterocycles. The molecule has 140 valence electrons. The molecule has 2 atom stereocenters. The minimum atomic E-state index is -4.37. The first kappa shape index (κ1) is 17.7. The predicted octanol–water partition coefficient (Wildman–Crippen LogP) is 3.74. The number of fused-ring (bicyclic) bond motifs is 1. The average Bonchev–Trinajstić information content (AvgIpc) is 3.20. The lowest BCUT2D eigenvalue weighted by molar-refractivity contribution is -0.137. The molecule has 0 N–H and O–H groups in total. The summed E-state index contributed by atoms with van der Waals surface area (Å²) in [6.07, 6.45) is -2.92. The molecule has 26 heavy (non-hydrogen) atoms. The highest BCUT2D eigenvalue weighted by atomic mass is 32.1. The molecule has 0 aromatic carbocycles. The number of aryl methyl sites for hydroxylation is 2. The van der Waals surface area contributed by atoms with Crippen molar-refractivity contribution < 1.29 is 13.2 Å². The fraction of sp³-hybridized carbons (Fsp3) is 0.556. The van der Waals surface area contributed by atoms with Crippen molar-refractivity contribution in [3.63, 3.8) is 0 Å². The van der Waals surface area contributed by atoms with Gasteiger partial charge in [0.1, 0.15) is 5.82 Å². The van der Waals surface area contributed by atoms with Gasteiger partial charge in [-0.25, -0.2) is 9.97 Å². The van der Waals surface area contributed by atoms with Crippen LogP contribution in [0.15, 0.2) is 18.3 Å². The third-order valence-electron chi connectivity index (χ3n) is 5.32. The number of rotatable bonds is 3. The van der Waals surface area contributed by atoms with Crippen LogP contribution in [0.25, 0.3) is 0 Å². The van der Waals surface area contributed by atoms with E-state index in [1.807, 2.05) is 18.7 Å². The summed E-state index contributed by atoms with van der Waals surface area (Å²) in [5.41, 5.74) is 0.460. The van der Waals surface area contributed by atoms with E-state index in [1.165, 1.54) is 17.1 Å². The van der Waals surface area contributed by atoms with E-state index in [0.29, 0.717) is 24.9 Å². The number of likely N-dealkylation sites (tertiary alicyclic amines) is 1. The van der Waals surface area contributed by atoms with Gasteiger partial charge in [0.2, 0.25) is 0 Å². The predicted molar refractivity (Wildman–Crippen MR) is 95.3 cm³/mol. The average molecular weight is 382 g/mol. The molecule has 4 heterocycles. The van der Waals surface area contributed by atoms with Gasteiger partial charge in [-0.2, -0.15) is 13.2 Å². The summed E-state index contributed by atoms with van der Waals surface area (Å²) < 4.78 is 39.8. The van der Waals surface area contributed by atoms with E-state index in [9.17, 15) is 13.2 Å². The molecule has 2 aliphatic rings. The minimum Gasteiger partial charge on any atom is -0.355 e. The van der Waals surface area contributed by atoms with Crippen LogP contribution >= 0.6 is 11.3 Å². The van der Waals surface area contributed by atoms with Crippen molar-refractivity contribution >= 4 is 17.2 Å². The lowest BCUT2D eigenvalue weighted by Crippen LogP contribution is -2.30. The zero-order valence-corrected chi connectivity index (χ0v) is 15.6. The van der Waals surface area contributed by atoms with Crippen molar-refractivity contribution in [3.8, 4) is 0 Å². The molecule has 0 saturated carbocycles. The number of hydrogen-bond donors (Lipinski definition) is 0. The van der Waals surface area contributed by atoms with Gasteiger partial charge in [-0.3, -0.25) is 4.90 Å². The van der Waals surface area contributed by atoms with Gasteiger partial charge in [0.05, 0.1) is 16.3 Å². The van der Waals surface area contributed by atoms with E-state index < -0.39 is 11.7 Å². The number of thiazole rings is 1. The van der Waals surface area contributed by atoms with E-state index in [4.69, 9.17) is 0 Å². The Hall–Kier alpha value is -1.67. The molecule has 0 amide bonds. The normalized spacial score (nSPS) is 23.7. The van der Waals surface area contributed by atoms with E-state index in [0.717, 1.165) is 36.4 Å². The lowest BCUT2D eigenvalue weighted by atomic mass is 10.0. The Bertz CT molecular complexity index is 790. The third kappa shape index (κ3) is 3.32. The lowest BCUT2D eigenvalue weighted by Gasteiger charge is -2.24. The number of pyridine rings is 1. The highest BCUT2D eigenvalue weighted by Gasteiger charge is 2.43. The Morgan fingerprint density at radius 3 is 2.42 bits per heavy atom. The molecule has 0 bridgehead atoms. The first-order valence-electron chi connectivity index (χ1n) is 8.73. The molecular formula is C18H21F3N4S. The van der Waals surface area contributed by atoms with Crippen molar-refractivity contribution in [3.05, 3.63) is 39.5 Å². The summed E-state index contributed by atoms with van der Waals surface area (Å²) in [4.78, 5) is 14.0. The van der Waals surface area contributed by atoms with Crippen LogP contribution in [-0.2, 0) is 12.7 Å². The monoisotopic (exact) mass is 382 g/mol. The molecule has 4 nitrogen and oxygen atoms in total. The fourth-order valence-electron chi connectivity index (χ4n) is 4.19. The van der Waals surface area contributed by atoms with Crippen molar-refractivity contribution in [2.45, 2.75) is 26.6 Å². The molecule has 2 aromatic rings. The molecule has 0 spiro atoms. The van der Waals surface area contributed by atoms with Crippen LogP contribution < -0.4 is 4.90 Å². The second kappa shape index (κ2) is 6.49. The van der Waals surface area contributed by atoms with Crippen LogP contribution in [0.3, 0.4) is 0 Å². The van der Waals surface area contributed by atoms with Gasteiger partial charge in [0, 0.05) is 43.8 Å². The number of hydrogen-bond acceptors (Lipinski definition) is 5. The molecule has 0 aliphatic carbocycles.